The predicted octanol–water partition coefficient (Wildman–Crippen LogP) is 3.04. The van der Waals surface area contributed by atoms with E-state index in [0.717, 1.165) is 12.2 Å². The molecule has 25 heavy (non-hydrogen) atoms. The number of carbonyl (C=O) groups excluding carboxylic acids is 1. The minimum absolute atomic E-state index is 0.0396. The molecule has 0 saturated carbocycles. The van der Waals surface area contributed by atoms with Crippen LogP contribution in [0.2, 0.25) is 0 Å². The van der Waals surface area contributed by atoms with Gasteiger partial charge in [-0.25, -0.2) is 0 Å². The third-order valence-corrected chi connectivity index (χ3v) is 4.33. The van der Waals surface area contributed by atoms with Gasteiger partial charge in [0.05, 0.1) is 18.5 Å². The van der Waals surface area contributed by atoms with Gasteiger partial charge in [-0.3, -0.25) is 9.48 Å². The number of hydrogen-bond acceptors (Lipinski definition) is 4. The number of ether oxygens (including phenoxy) is 1. The monoisotopic (exact) mass is 344 g/mol. The van der Waals surface area contributed by atoms with Crippen molar-refractivity contribution in [2.75, 3.05) is 12.4 Å². The van der Waals surface area contributed by atoms with Crippen LogP contribution < -0.4 is 15.4 Å². The number of para-hydroxylation sites is 2. The normalized spacial score (nSPS) is 12.0. The Bertz CT molecular complexity index is 724. The van der Waals surface area contributed by atoms with Crippen LogP contribution in [0.5, 0.6) is 5.75 Å². The molecule has 0 fully saturated rings. The molecule has 0 aliphatic carbocycles. The Hall–Kier alpha value is -2.34. The SMILES string of the molecule is CCn1nc(C)c(CN[C@@H](C)CC(=O)Nc2ccccc2OC)c1C. The zero-order valence-corrected chi connectivity index (χ0v) is 15.7. The Morgan fingerprint density at radius 2 is 2.04 bits per heavy atom. The first kappa shape index (κ1) is 19.0. The van der Waals surface area contributed by atoms with Crippen molar-refractivity contribution in [3.63, 3.8) is 0 Å². The molecule has 0 bridgehead atoms. The number of methoxy groups -OCH3 is 1. The van der Waals surface area contributed by atoms with Crippen LogP contribution in [0, 0.1) is 13.8 Å². The second-order valence-electron chi connectivity index (χ2n) is 6.20. The lowest BCUT2D eigenvalue weighted by atomic mass is 10.1. The number of aromatic nitrogens is 2. The van der Waals surface area contributed by atoms with E-state index in [4.69, 9.17) is 4.74 Å². The van der Waals surface area contributed by atoms with E-state index < -0.39 is 0 Å². The summed E-state index contributed by atoms with van der Waals surface area (Å²) in [5, 5.41) is 10.8. The highest BCUT2D eigenvalue weighted by Gasteiger charge is 2.14. The molecule has 6 heteroatoms. The Balaban J connectivity index is 1.89. The maximum Gasteiger partial charge on any atom is 0.226 e. The smallest absolute Gasteiger partial charge is 0.226 e. The number of hydrogen-bond donors (Lipinski definition) is 2. The molecule has 6 nitrogen and oxygen atoms in total. The molecule has 1 amide bonds. The summed E-state index contributed by atoms with van der Waals surface area (Å²) in [6, 6.07) is 7.46. The number of aryl methyl sites for hydroxylation is 2. The van der Waals surface area contributed by atoms with Gasteiger partial charge in [-0.15, -0.1) is 0 Å². The molecule has 1 aromatic carbocycles. The van der Waals surface area contributed by atoms with Crippen molar-refractivity contribution in [1.29, 1.82) is 0 Å². The molecule has 0 aliphatic rings. The van der Waals surface area contributed by atoms with E-state index in [-0.39, 0.29) is 11.9 Å². The van der Waals surface area contributed by atoms with E-state index in [0.29, 0.717) is 24.4 Å². The lowest BCUT2D eigenvalue weighted by Crippen LogP contribution is -2.30. The number of benzene rings is 1. The average molecular weight is 344 g/mol. The maximum absolute atomic E-state index is 12.3. The van der Waals surface area contributed by atoms with Crippen LogP contribution in [0.15, 0.2) is 24.3 Å². The molecule has 1 heterocycles. The summed E-state index contributed by atoms with van der Waals surface area (Å²) < 4.78 is 7.26. The number of rotatable bonds is 8. The number of nitrogens with zero attached hydrogens (tertiary/aromatic N) is 2. The molecule has 1 aromatic heterocycles. The van der Waals surface area contributed by atoms with Crippen molar-refractivity contribution in [3.05, 3.63) is 41.2 Å². The highest BCUT2D eigenvalue weighted by molar-refractivity contribution is 5.92. The Labute approximate surface area is 149 Å². The topological polar surface area (TPSA) is 68.2 Å². The fourth-order valence-corrected chi connectivity index (χ4v) is 2.87. The molecular weight excluding hydrogens is 316 g/mol. The van der Waals surface area contributed by atoms with Crippen molar-refractivity contribution in [2.24, 2.45) is 0 Å². The van der Waals surface area contributed by atoms with Gasteiger partial charge >= 0.3 is 0 Å². The minimum atomic E-state index is -0.0396. The van der Waals surface area contributed by atoms with E-state index in [2.05, 4.69) is 29.6 Å². The van der Waals surface area contributed by atoms with E-state index in [1.807, 2.05) is 42.8 Å². The van der Waals surface area contributed by atoms with E-state index in [9.17, 15) is 4.79 Å². The van der Waals surface area contributed by atoms with Crippen LogP contribution in [0.25, 0.3) is 0 Å². The third kappa shape index (κ3) is 4.82. The quantitative estimate of drug-likeness (QED) is 0.772. The van der Waals surface area contributed by atoms with Crippen LogP contribution in [0.4, 0.5) is 5.69 Å². The van der Waals surface area contributed by atoms with Gasteiger partial charge in [0.2, 0.25) is 5.91 Å². The van der Waals surface area contributed by atoms with Crippen LogP contribution in [0.1, 0.15) is 37.2 Å². The highest BCUT2D eigenvalue weighted by atomic mass is 16.5. The number of nitrogens with one attached hydrogen (secondary N) is 2. The standard InChI is InChI=1S/C19H28N4O2/c1-6-23-15(4)16(14(3)22-23)12-20-13(2)11-19(24)21-17-9-7-8-10-18(17)25-5/h7-10,13,20H,6,11-12H2,1-5H3,(H,21,24)/t13-/m0/s1. The second-order valence-corrected chi connectivity index (χ2v) is 6.20. The van der Waals surface area contributed by atoms with Gasteiger partial charge in [0.25, 0.3) is 0 Å². The van der Waals surface area contributed by atoms with Gasteiger partial charge in [-0.2, -0.15) is 5.10 Å². The van der Waals surface area contributed by atoms with Crippen molar-refractivity contribution < 1.29 is 9.53 Å². The summed E-state index contributed by atoms with van der Waals surface area (Å²) in [5.41, 5.74) is 4.12. The molecule has 2 N–H and O–H groups in total. The molecule has 0 spiro atoms. The molecule has 0 saturated heterocycles. The van der Waals surface area contributed by atoms with Crippen LogP contribution in [-0.4, -0.2) is 28.8 Å². The first-order valence-corrected chi connectivity index (χ1v) is 8.65. The van der Waals surface area contributed by atoms with Crippen LogP contribution >= 0.6 is 0 Å². The largest absolute Gasteiger partial charge is 0.495 e. The van der Waals surface area contributed by atoms with Gasteiger partial charge in [0.1, 0.15) is 5.75 Å². The highest BCUT2D eigenvalue weighted by Crippen LogP contribution is 2.23. The second kappa shape index (κ2) is 8.67. The molecule has 0 radical (unpaired) electrons. The zero-order chi connectivity index (χ0) is 18.4. The summed E-state index contributed by atoms with van der Waals surface area (Å²) in [7, 11) is 1.59. The Morgan fingerprint density at radius 1 is 1.32 bits per heavy atom. The number of anilines is 1. The molecule has 0 unspecified atom stereocenters. The van der Waals surface area contributed by atoms with Crippen molar-refractivity contribution in [1.82, 2.24) is 15.1 Å². The Kier molecular flexibility index (Phi) is 6.58. The van der Waals surface area contributed by atoms with E-state index in [1.54, 1.807) is 7.11 Å². The van der Waals surface area contributed by atoms with Crippen molar-refractivity contribution in [2.45, 2.75) is 53.2 Å². The third-order valence-electron chi connectivity index (χ3n) is 4.33. The van der Waals surface area contributed by atoms with Gasteiger partial charge in [0.15, 0.2) is 0 Å². The van der Waals surface area contributed by atoms with Crippen LogP contribution in [0.3, 0.4) is 0 Å². The van der Waals surface area contributed by atoms with E-state index in [1.165, 1.54) is 11.3 Å². The fraction of sp³-hybridized carbons (Fsp3) is 0.474. The van der Waals surface area contributed by atoms with E-state index >= 15 is 0 Å². The van der Waals surface area contributed by atoms with Crippen molar-refractivity contribution >= 4 is 11.6 Å². The molecular formula is C19H28N4O2. The number of carbonyl (C=O) groups is 1. The average Bonchev–Trinajstić information content (AvgIpc) is 2.87. The van der Waals surface area contributed by atoms with Crippen molar-refractivity contribution in [3.8, 4) is 5.75 Å². The maximum atomic E-state index is 12.3. The molecule has 0 aliphatic heterocycles. The lowest BCUT2D eigenvalue weighted by molar-refractivity contribution is -0.116. The lowest BCUT2D eigenvalue weighted by Gasteiger charge is -2.15. The van der Waals surface area contributed by atoms with Gasteiger partial charge < -0.3 is 15.4 Å². The summed E-state index contributed by atoms with van der Waals surface area (Å²) in [5.74, 6) is 0.622. The summed E-state index contributed by atoms with van der Waals surface area (Å²) >= 11 is 0. The zero-order valence-electron chi connectivity index (χ0n) is 15.7. The summed E-state index contributed by atoms with van der Waals surface area (Å²) in [4.78, 5) is 12.3. The fourth-order valence-electron chi connectivity index (χ4n) is 2.87. The van der Waals surface area contributed by atoms with Gasteiger partial charge in [-0.05, 0) is 39.8 Å². The molecule has 2 rings (SSSR count). The molecule has 1 atom stereocenters. The molecule has 136 valence electrons. The van der Waals surface area contributed by atoms with Crippen LogP contribution in [-0.2, 0) is 17.9 Å². The summed E-state index contributed by atoms with van der Waals surface area (Å²) in [6.45, 7) is 9.78. The van der Waals surface area contributed by atoms with Gasteiger partial charge in [-0.1, -0.05) is 12.1 Å². The Morgan fingerprint density at radius 3 is 2.68 bits per heavy atom. The molecule has 2 aromatic rings. The predicted molar refractivity (Wildman–Crippen MR) is 99.9 cm³/mol. The minimum Gasteiger partial charge on any atom is -0.495 e. The van der Waals surface area contributed by atoms with Gasteiger partial charge in [0, 0.05) is 36.8 Å². The summed E-state index contributed by atoms with van der Waals surface area (Å²) in [6.07, 6.45) is 0.387. The number of amides is 1. The first-order chi connectivity index (χ1) is 12.0. The first-order valence-electron chi connectivity index (χ1n) is 8.65.